The van der Waals surface area contributed by atoms with Crippen LogP contribution < -0.4 is 15.4 Å². The standard InChI is InChI=1S/C22H28ClN5O6/c1-22(2,3)34-21(29)27-10-9-26(12-15(27)13-32-4)14-5-7-16(8-6-14)33-19-17(23)11-25-20(24)18(19)28(30)31/h5-8,11,15H,9-10,12-13H2,1-4H3,(H2,24,25)/t15-/m1/s1. The molecule has 11 nitrogen and oxygen atoms in total. The summed E-state index contributed by atoms with van der Waals surface area (Å²) in [6.45, 7) is 7.47. The number of nitrogens with zero attached hydrogens (tertiary/aromatic N) is 4. The van der Waals surface area contributed by atoms with Crippen LogP contribution in [0, 0.1) is 10.1 Å². The molecule has 34 heavy (non-hydrogen) atoms. The van der Waals surface area contributed by atoms with Gasteiger partial charge in [-0.3, -0.25) is 15.0 Å². The molecule has 12 heteroatoms. The Morgan fingerprint density at radius 2 is 1.97 bits per heavy atom. The first-order valence-electron chi connectivity index (χ1n) is 10.6. The third kappa shape index (κ3) is 5.97. The van der Waals surface area contributed by atoms with Gasteiger partial charge in [0, 0.05) is 32.4 Å². The third-order valence-corrected chi connectivity index (χ3v) is 5.33. The van der Waals surface area contributed by atoms with E-state index in [0.717, 1.165) is 5.69 Å². The van der Waals surface area contributed by atoms with Crippen LogP contribution in [0.15, 0.2) is 30.5 Å². The molecule has 3 rings (SSSR count). The Kier molecular flexibility index (Phi) is 7.68. The van der Waals surface area contributed by atoms with Crippen molar-refractivity contribution >= 4 is 34.9 Å². The summed E-state index contributed by atoms with van der Waals surface area (Å²) in [4.78, 5) is 30.8. The zero-order valence-electron chi connectivity index (χ0n) is 19.5. The smallest absolute Gasteiger partial charge is 0.410 e. The van der Waals surface area contributed by atoms with Crippen molar-refractivity contribution in [1.29, 1.82) is 0 Å². The average Bonchev–Trinajstić information content (AvgIpc) is 2.75. The van der Waals surface area contributed by atoms with Gasteiger partial charge in [-0.2, -0.15) is 0 Å². The number of anilines is 2. The molecule has 1 aromatic carbocycles. The van der Waals surface area contributed by atoms with Crippen molar-refractivity contribution in [2.45, 2.75) is 32.4 Å². The lowest BCUT2D eigenvalue weighted by Crippen LogP contribution is -2.57. The van der Waals surface area contributed by atoms with Crippen molar-refractivity contribution in [1.82, 2.24) is 9.88 Å². The Labute approximate surface area is 202 Å². The molecule has 1 aromatic heterocycles. The number of hydrogen-bond donors (Lipinski definition) is 1. The lowest BCUT2D eigenvalue weighted by Gasteiger charge is -2.42. The number of aromatic nitrogens is 1. The van der Waals surface area contributed by atoms with Gasteiger partial charge in [0.25, 0.3) is 0 Å². The van der Waals surface area contributed by atoms with Gasteiger partial charge in [0.2, 0.25) is 11.6 Å². The minimum absolute atomic E-state index is 0.0225. The Morgan fingerprint density at radius 1 is 1.29 bits per heavy atom. The summed E-state index contributed by atoms with van der Waals surface area (Å²) in [5, 5.41) is 11.4. The van der Waals surface area contributed by atoms with Crippen LogP contribution >= 0.6 is 11.6 Å². The summed E-state index contributed by atoms with van der Waals surface area (Å²) in [7, 11) is 1.59. The first kappa shape index (κ1) is 25.3. The molecule has 0 aliphatic carbocycles. The number of nitrogen functional groups attached to an aromatic ring is 1. The number of pyridine rings is 1. The molecule has 2 aromatic rings. The molecule has 1 aliphatic heterocycles. The monoisotopic (exact) mass is 493 g/mol. The van der Waals surface area contributed by atoms with Gasteiger partial charge in [0.05, 0.1) is 23.8 Å². The molecule has 0 saturated carbocycles. The molecule has 1 amide bonds. The Bertz CT molecular complexity index is 1040. The molecule has 0 bridgehead atoms. The Balaban J connectivity index is 1.74. The van der Waals surface area contributed by atoms with E-state index >= 15 is 0 Å². The maximum absolute atomic E-state index is 12.6. The van der Waals surface area contributed by atoms with E-state index in [2.05, 4.69) is 9.88 Å². The molecule has 1 fully saturated rings. The maximum atomic E-state index is 12.6. The van der Waals surface area contributed by atoms with Gasteiger partial charge in [-0.05, 0) is 45.0 Å². The number of halogens is 1. The van der Waals surface area contributed by atoms with E-state index in [1.54, 1.807) is 24.1 Å². The zero-order chi connectivity index (χ0) is 25.0. The van der Waals surface area contributed by atoms with E-state index in [4.69, 9.17) is 31.5 Å². The summed E-state index contributed by atoms with van der Waals surface area (Å²) in [6, 6.07) is 6.82. The van der Waals surface area contributed by atoms with Crippen LogP contribution in [0.2, 0.25) is 5.02 Å². The number of nitrogens with two attached hydrogens (primary N) is 1. The van der Waals surface area contributed by atoms with Crippen LogP contribution in [0.5, 0.6) is 11.5 Å². The van der Waals surface area contributed by atoms with Crippen molar-refractivity contribution < 1.29 is 23.9 Å². The summed E-state index contributed by atoms with van der Waals surface area (Å²) in [5.41, 5.74) is 5.45. The fraction of sp³-hybridized carbons (Fsp3) is 0.455. The second kappa shape index (κ2) is 10.3. The van der Waals surface area contributed by atoms with Gasteiger partial charge in [-0.1, -0.05) is 11.6 Å². The van der Waals surface area contributed by atoms with Crippen LogP contribution in [-0.4, -0.2) is 65.9 Å². The number of rotatable bonds is 6. The number of hydrogen-bond acceptors (Lipinski definition) is 9. The molecule has 1 aliphatic rings. The molecule has 1 atom stereocenters. The molecule has 2 N–H and O–H groups in total. The highest BCUT2D eigenvalue weighted by atomic mass is 35.5. The largest absolute Gasteiger partial charge is 0.448 e. The molecule has 0 radical (unpaired) electrons. The number of nitro groups is 1. The number of carbonyl (C=O) groups excluding carboxylic acids is 1. The fourth-order valence-electron chi connectivity index (χ4n) is 3.58. The van der Waals surface area contributed by atoms with Crippen molar-refractivity contribution in [3.63, 3.8) is 0 Å². The van der Waals surface area contributed by atoms with Gasteiger partial charge >= 0.3 is 11.8 Å². The van der Waals surface area contributed by atoms with Crippen LogP contribution in [0.1, 0.15) is 20.8 Å². The summed E-state index contributed by atoms with van der Waals surface area (Å²) >= 11 is 6.06. The maximum Gasteiger partial charge on any atom is 0.410 e. The fourth-order valence-corrected chi connectivity index (χ4v) is 3.75. The van der Waals surface area contributed by atoms with E-state index in [1.165, 1.54) is 6.20 Å². The van der Waals surface area contributed by atoms with Crippen LogP contribution in [-0.2, 0) is 9.47 Å². The van der Waals surface area contributed by atoms with E-state index in [-0.39, 0.29) is 28.7 Å². The number of ether oxygens (including phenoxy) is 3. The number of amides is 1. The molecule has 1 saturated heterocycles. The minimum Gasteiger partial charge on any atom is -0.448 e. The van der Waals surface area contributed by atoms with Crippen molar-refractivity contribution in [2.24, 2.45) is 0 Å². The normalized spacial score (nSPS) is 16.3. The topological polar surface area (TPSA) is 133 Å². The first-order chi connectivity index (χ1) is 16.0. The lowest BCUT2D eigenvalue weighted by molar-refractivity contribution is -0.384. The number of benzene rings is 1. The van der Waals surface area contributed by atoms with Gasteiger partial charge in [0.15, 0.2) is 0 Å². The molecular weight excluding hydrogens is 466 g/mol. The van der Waals surface area contributed by atoms with Gasteiger partial charge in [-0.15, -0.1) is 0 Å². The van der Waals surface area contributed by atoms with Gasteiger partial charge < -0.3 is 24.8 Å². The lowest BCUT2D eigenvalue weighted by atomic mass is 10.1. The molecule has 2 heterocycles. The van der Waals surface area contributed by atoms with E-state index in [0.29, 0.717) is 32.0 Å². The second-order valence-electron chi connectivity index (χ2n) is 8.75. The first-order valence-corrected chi connectivity index (χ1v) is 11.0. The zero-order valence-corrected chi connectivity index (χ0v) is 20.2. The van der Waals surface area contributed by atoms with Gasteiger partial charge in [-0.25, -0.2) is 9.78 Å². The minimum atomic E-state index is -0.683. The molecule has 184 valence electrons. The number of methoxy groups -OCH3 is 1. The summed E-state index contributed by atoms with van der Waals surface area (Å²) < 4.78 is 16.5. The van der Waals surface area contributed by atoms with Crippen molar-refractivity contribution in [3.05, 3.63) is 45.6 Å². The van der Waals surface area contributed by atoms with Crippen LogP contribution in [0.4, 0.5) is 22.0 Å². The highest BCUT2D eigenvalue weighted by Gasteiger charge is 2.33. The van der Waals surface area contributed by atoms with Gasteiger partial charge in [0.1, 0.15) is 16.4 Å². The average molecular weight is 494 g/mol. The van der Waals surface area contributed by atoms with E-state index in [1.807, 2.05) is 32.9 Å². The molecular formula is C22H28ClN5O6. The third-order valence-electron chi connectivity index (χ3n) is 5.07. The van der Waals surface area contributed by atoms with E-state index in [9.17, 15) is 14.9 Å². The molecule has 0 spiro atoms. The summed E-state index contributed by atoms with van der Waals surface area (Å²) in [6.07, 6.45) is 0.835. The van der Waals surface area contributed by atoms with Crippen LogP contribution in [0.25, 0.3) is 0 Å². The Hall–Kier alpha value is -3.31. The van der Waals surface area contributed by atoms with E-state index < -0.39 is 16.2 Å². The SMILES string of the molecule is COC[C@H]1CN(c2ccc(Oc3c(Cl)cnc(N)c3[N+](=O)[O-])cc2)CCN1C(=O)OC(C)(C)C. The number of piperazine rings is 1. The van der Waals surface area contributed by atoms with Crippen molar-refractivity contribution in [3.8, 4) is 11.5 Å². The highest BCUT2D eigenvalue weighted by molar-refractivity contribution is 6.32. The summed E-state index contributed by atoms with van der Waals surface area (Å²) in [5.74, 6) is -0.105. The highest BCUT2D eigenvalue weighted by Crippen LogP contribution is 2.40. The molecule has 0 unspecified atom stereocenters. The predicted molar refractivity (Wildman–Crippen MR) is 128 cm³/mol. The number of carbonyl (C=O) groups is 1. The predicted octanol–water partition coefficient (Wildman–Crippen LogP) is 4.09. The van der Waals surface area contributed by atoms with Crippen molar-refractivity contribution in [2.75, 3.05) is 44.0 Å². The Morgan fingerprint density at radius 3 is 2.56 bits per heavy atom. The quantitative estimate of drug-likeness (QED) is 0.466. The second-order valence-corrected chi connectivity index (χ2v) is 9.16. The van der Waals surface area contributed by atoms with Crippen LogP contribution in [0.3, 0.4) is 0 Å².